The zero-order chi connectivity index (χ0) is 19.8. The molecule has 0 aliphatic carbocycles. The van der Waals surface area contributed by atoms with Crippen molar-refractivity contribution >= 4 is 54.9 Å². The highest BCUT2D eigenvalue weighted by molar-refractivity contribution is 9.10. The van der Waals surface area contributed by atoms with Crippen LogP contribution in [0.4, 0.5) is 0 Å². The molecule has 0 atom stereocenters. The van der Waals surface area contributed by atoms with Gasteiger partial charge in [-0.2, -0.15) is 0 Å². The van der Waals surface area contributed by atoms with Gasteiger partial charge in [0.25, 0.3) is 5.56 Å². The number of nitrogens with zero attached hydrogens (tertiary/aromatic N) is 2. The van der Waals surface area contributed by atoms with Gasteiger partial charge in [-0.3, -0.25) is 14.2 Å². The molecular formula is C21H14BrClN2O2S. The molecule has 0 unspecified atom stereocenters. The molecule has 0 saturated carbocycles. The highest BCUT2D eigenvalue weighted by Gasteiger charge is 2.18. The number of aromatic nitrogens is 2. The third-order valence-electron chi connectivity index (χ3n) is 4.47. The minimum absolute atomic E-state index is 0.0714. The maximum Gasteiger partial charge on any atom is 0.263 e. The van der Waals surface area contributed by atoms with Crippen LogP contribution < -0.4 is 5.56 Å². The van der Waals surface area contributed by atoms with Gasteiger partial charge in [-0.15, -0.1) is 11.3 Å². The average Bonchev–Trinajstić information content (AvgIpc) is 3.02. The number of Topliss-reactive ketones (excluding diaryl/α,β-unsaturated/α-hetero) is 1. The van der Waals surface area contributed by atoms with Crippen LogP contribution in [0.3, 0.4) is 0 Å². The predicted octanol–water partition coefficient (Wildman–Crippen LogP) is 5.73. The highest BCUT2D eigenvalue weighted by Crippen LogP contribution is 2.35. The molecular weight excluding hydrogens is 460 g/mol. The Morgan fingerprint density at radius 3 is 2.50 bits per heavy atom. The number of carbonyl (C=O) groups is 1. The first-order chi connectivity index (χ1) is 13.4. The number of rotatable bonds is 4. The van der Waals surface area contributed by atoms with E-state index in [0.717, 1.165) is 20.5 Å². The Morgan fingerprint density at radius 2 is 1.82 bits per heavy atom. The molecule has 0 aliphatic rings. The molecule has 4 aromatic rings. The summed E-state index contributed by atoms with van der Waals surface area (Å²) in [6, 6.07) is 14.4. The van der Waals surface area contributed by atoms with Crippen LogP contribution >= 0.6 is 38.9 Å². The van der Waals surface area contributed by atoms with E-state index in [1.807, 2.05) is 31.2 Å². The smallest absolute Gasteiger partial charge is 0.263 e. The lowest BCUT2D eigenvalue weighted by atomic mass is 10.0. The molecule has 0 N–H and O–H groups in total. The van der Waals surface area contributed by atoms with E-state index in [1.165, 1.54) is 22.2 Å². The second-order valence-corrected chi connectivity index (χ2v) is 8.88. The van der Waals surface area contributed by atoms with Gasteiger partial charge in [0, 0.05) is 25.5 Å². The van der Waals surface area contributed by atoms with Gasteiger partial charge in [0.05, 0.1) is 18.3 Å². The van der Waals surface area contributed by atoms with E-state index in [2.05, 4.69) is 20.9 Å². The topological polar surface area (TPSA) is 52.0 Å². The number of halogens is 2. The van der Waals surface area contributed by atoms with Crippen molar-refractivity contribution < 1.29 is 4.79 Å². The van der Waals surface area contributed by atoms with Gasteiger partial charge in [0.15, 0.2) is 5.78 Å². The summed E-state index contributed by atoms with van der Waals surface area (Å²) in [7, 11) is 0. The van der Waals surface area contributed by atoms with E-state index in [0.29, 0.717) is 20.8 Å². The van der Waals surface area contributed by atoms with Crippen LogP contribution in [0.15, 0.2) is 64.1 Å². The fraction of sp³-hybridized carbons (Fsp3) is 0.0952. The Hall–Kier alpha value is -2.28. The number of aryl methyl sites for hydroxylation is 1. The average molecular weight is 474 g/mol. The fourth-order valence-electron chi connectivity index (χ4n) is 3.10. The van der Waals surface area contributed by atoms with Crippen LogP contribution in [0.2, 0.25) is 5.02 Å². The zero-order valence-corrected chi connectivity index (χ0v) is 17.9. The lowest BCUT2D eigenvalue weighted by Crippen LogP contribution is -2.24. The van der Waals surface area contributed by atoms with Gasteiger partial charge in [-0.1, -0.05) is 39.7 Å². The van der Waals surface area contributed by atoms with Crippen molar-refractivity contribution in [2.45, 2.75) is 13.5 Å². The Balaban J connectivity index is 1.79. The van der Waals surface area contributed by atoms with E-state index in [9.17, 15) is 9.59 Å². The van der Waals surface area contributed by atoms with Crippen molar-refractivity contribution in [2.75, 3.05) is 0 Å². The molecule has 4 rings (SSSR count). The fourth-order valence-corrected chi connectivity index (χ4v) is 4.49. The standard InChI is InChI=1S/C21H14BrClN2O2S/c1-12-18(14-2-6-15(22)7-3-14)19-20(28-12)24-11-25(21(19)27)10-17(26)13-4-8-16(23)9-5-13/h2-9,11H,10H2,1H3. The molecule has 0 saturated heterocycles. The van der Waals surface area contributed by atoms with Crippen molar-refractivity contribution in [1.82, 2.24) is 9.55 Å². The SMILES string of the molecule is Cc1sc2ncn(CC(=O)c3ccc(Cl)cc3)c(=O)c2c1-c1ccc(Br)cc1. The molecule has 0 amide bonds. The molecule has 7 heteroatoms. The van der Waals surface area contributed by atoms with Crippen molar-refractivity contribution in [2.24, 2.45) is 0 Å². The summed E-state index contributed by atoms with van der Waals surface area (Å²) < 4.78 is 2.34. The van der Waals surface area contributed by atoms with Gasteiger partial charge in [0.2, 0.25) is 0 Å². The monoisotopic (exact) mass is 472 g/mol. The molecule has 28 heavy (non-hydrogen) atoms. The summed E-state index contributed by atoms with van der Waals surface area (Å²) in [5, 5.41) is 1.11. The van der Waals surface area contributed by atoms with Gasteiger partial charge in [-0.25, -0.2) is 4.98 Å². The van der Waals surface area contributed by atoms with Gasteiger partial charge in [0.1, 0.15) is 4.83 Å². The Morgan fingerprint density at radius 1 is 1.14 bits per heavy atom. The Labute approximate surface area is 178 Å². The molecule has 2 heterocycles. The maximum absolute atomic E-state index is 13.2. The third kappa shape index (κ3) is 3.55. The minimum Gasteiger partial charge on any atom is -0.292 e. The van der Waals surface area contributed by atoms with Crippen molar-refractivity contribution in [3.8, 4) is 11.1 Å². The normalized spacial score (nSPS) is 11.1. The number of ketones is 1. The maximum atomic E-state index is 13.2. The number of hydrogen-bond donors (Lipinski definition) is 0. The first-order valence-electron chi connectivity index (χ1n) is 8.47. The molecule has 2 aromatic carbocycles. The van der Waals surface area contributed by atoms with E-state index in [1.54, 1.807) is 24.3 Å². The number of thiophene rings is 1. The number of hydrogen-bond acceptors (Lipinski definition) is 4. The van der Waals surface area contributed by atoms with Crippen LogP contribution in [0.1, 0.15) is 15.2 Å². The summed E-state index contributed by atoms with van der Waals surface area (Å²) >= 11 is 10.8. The molecule has 2 aromatic heterocycles. The van der Waals surface area contributed by atoms with Crippen LogP contribution in [-0.4, -0.2) is 15.3 Å². The van der Waals surface area contributed by atoms with Gasteiger partial charge in [-0.05, 0) is 48.9 Å². The van der Waals surface area contributed by atoms with Crippen LogP contribution in [0.5, 0.6) is 0 Å². The van der Waals surface area contributed by atoms with Crippen molar-refractivity contribution in [3.63, 3.8) is 0 Å². The summed E-state index contributed by atoms with van der Waals surface area (Å²) in [6.07, 6.45) is 1.44. The van der Waals surface area contributed by atoms with Crippen LogP contribution in [0, 0.1) is 6.92 Å². The first-order valence-corrected chi connectivity index (χ1v) is 10.5. The summed E-state index contributed by atoms with van der Waals surface area (Å²) in [6.45, 7) is 1.91. The van der Waals surface area contributed by atoms with Crippen molar-refractivity contribution in [3.05, 3.63) is 85.1 Å². The van der Waals surface area contributed by atoms with Crippen LogP contribution in [-0.2, 0) is 6.54 Å². The van der Waals surface area contributed by atoms with Crippen LogP contribution in [0.25, 0.3) is 21.3 Å². The quantitative estimate of drug-likeness (QED) is 0.356. The Bertz CT molecular complexity index is 1240. The van der Waals surface area contributed by atoms with E-state index < -0.39 is 0 Å². The third-order valence-corrected chi connectivity index (χ3v) is 6.26. The molecule has 4 nitrogen and oxygen atoms in total. The first kappa shape index (κ1) is 19.1. The summed E-state index contributed by atoms with van der Waals surface area (Å²) in [5.74, 6) is -0.169. The predicted molar refractivity (Wildman–Crippen MR) is 118 cm³/mol. The molecule has 0 spiro atoms. The van der Waals surface area contributed by atoms with Crippen molar-refractivity contribution in [1.29, 1.82) is 0 Å². The number of benzene rings is 2. The molecule has 0 aliphatic heterocycles. The summed E-state index contributed by atoms with van der Waals surface area (Å²) in [4.78, 5) is 31.9. The molecule has 140 valence electrons. The number of carbonyl (C=O) groups excluding carboxylic acids is 1. The Kier molecular flexibility index (Phi) is 5.19. The van der Waals surface area contributed by atoms with Gasteiger partial charge < -0.3 is 0 Å². The minimum atomic E-state index is -0.213. The zero-order valence-electron chi connectivity index (χ0n) is 14.8. The van der Waals surface area contributed by atoms with E-state index in [4.69, 9.17) is 11.6 Å². The summed E-state index contributed by atoms with van der Waals surface area (Å²) in [5.41, 5.74) is 2.12. The second kappa shape index (κ2) is 7.62. The van der Waals surface area contributed by atoms with E-state index in [-0.39, 0.29) is 17.9 Å². The lowest BCUT2D eigenvalue weighted by molar-refractivity contribution is 0.0970. The number of fused-ring (bicyclic) bond motifs is 1. The molecule has 0 fully saturated rings. The van der Waals surface area contributed by atoms with E-state index >= 15 is 0 Å². The molecule has 0 bridgehead atoms. The highest BCUT2D eigenvalue weighted by atomic mass is 79.9. The molecule has 0 radical (unpaired) electrons. The largest absolute Gasteiger partial charge is 0.292 e. The lowest BCUT2D eigenvalue weighted by Gasteiger charge is -2.07. The van der Waals surface area contributed by atoms with Gasteiger partial charge >= 0.3 is 0 Å². The second-order valence-electron chi connectivity index (χ2n) is 6.33.